The van der Waals surface area contributed by atoms with E-state index in [-0.39, 0.29) is 34.3 Å². The number of nitrogens with one attached hydrogen (secondary N) is 2. The molecule has 0 aromatic heterocycles. The average molecular weight is 459 g/mol. The molecule has 0 bridgehead atoms. The molecule has 0 saturated heterocycles. The highest BCUT2D eigenvalue weighted by molar-refractivity contribution is 6.00. The number of aromatic carboxylic acids is 1. The third-order valence-electron chi connectivity index (χ3n) is 6.22. The van der Waals surface area contributed by atoms with Gasteiger partial charge in [-0.15, -0.1) is 0 Å². The molecule has 1 fully saturated rings. The lowest BCUT2D eigenvalue weighted by Crippen LogP contribution is -2.54. The molecule has 0 spiro atoms. The minimum Gasteiger partial charge on any atom is -0.478 e. The van der Waals surface area contributed by atoms with Gasteiger partial charge in [0.25, 0.3) is 5.91 Å². The highest BCUT2D eigenvalue weighted by Crippen LogP contribution is 2.28. The summed E-state index contributed by atoms with van der Waals surface area (Å²) in [4.78, 5) is 49.6. The maximum absolute atomic E-state index is 13.2. The lowest BCUT2D eigenvalue weighted by molar-refractivity contribution is -0.127. The number of carboxylic acid groups (broad SMARTS) is 1. The second-order valence-corrected chi connectivity index (χ2v) is 10.6. The van der Waals surface area contributed by atoms with E-state index >= 15 is 0 Å². The van der Waals surface area contributed by atoms with E-state index in [1.54, 1.807) is 12.1 Å². The number of carboxylic acids is 1. The number of carbonyl (C=O) groups excluding carboxylic acids is 3. The van der Waals surface area contributed by atoms with Crippen LogP contribution in [-0.2, 0) is 15.0 Å². The maximum Gasteiger partial charge on any atom is 0.335 e. The van der Waals surface area contributed by atoms with Gasteiger partial charge in [-0.1, -0.05) is 53.9 Å². The van der Waals surface area contributed by atoms with Crippen LogP contribution in [0.3, 0.4) is 0 Å². The van der Waals surface area contributed by atoms with Gasteiger partial charge in [-0.2, -0.15) is 0 Å². The van der Waals surface area contributed by atoms with E-state index in [1.165, 1.54) is 6.07 Å². The largest absolute Gasteiger partial charge is 0.478 e. The van der Waals surface area contributed by atoms with Crippen molar-refractivity contribution in [2.45, 2.75) is 90.6 Å². The van der Waals surface area contributed by atoms with Crippen LogP contribution >= 0.6 is 0 Å². The van der Waals surface area contributed by atoms with Crippen molar-refractivity contribution in [2.75, 3.05) is 0 Å². The van der Waals surface area contributed by atoms with Crippen LogP contribution < -0.4 is 10.6 Å². The number of aldehydes is 1. The normalized spacial score (nSPS) is 16.7. The van der Waals surface area contributed by atoms with Gasteiger partial charge < -0.3 is 20.5 Å². The van der Waals surface area contributed by atoms with E-state index in [4.69, 9.17) is 0 Å². The molecule has 1 aromatic carbocycles. The molecule has 3 N–H and O–H groups in total. The molecule has 2 rings (SSSR count). The molecule has 1 aromatic rings. The van der Waals surface area contributed by atoms with Gasteiger partial charge in [0.1, 0.15) is 12.3 Å². The van der Waals surface area contributed by atoms with Gasteiger partial charge in [0, 0.05) is 5.56 Å². The van der Waals surface area contributed by atoms with Crippen molar-refractivity contribution < 1.29 is 24.3 Å². The molecule has 7 nitrogen and oxygen atoms in total. The van der Waals surface area contributed by atoms with Crippen molar-refractivity contribution in [1.82, 2.24) is 10.6 Å². The van der Waals surface area contributed by atoms with Crippen LogP contribution in [0.25, 0.3) is 0 Å². The Hall–Kier alpha value is -2.70. The van der Waals surface area contributed by atoms with E-state index in [2.05, 4.69) is 10.6 Å². The van der Waals surface area contributed by atoms with Crippen molar-refractivity contribution >= 4 is 24.1 Å². The van der Waals surface area contributed by atoms with Gasteiger partial charge in [0.15, 0.2) is 0 Å². The molecule has 1 aliphatic rings. The van der Waals surface area contributed by atoms with Crippen molar-refractivity contribution in [3.8, 4) is 0 Å². The predicted octanol–water partition coefficient (Wildman–Crippen LogP) is 4.09. The first-order chi connectivity index (χ1) is 15.4. The molecule has 0 unspecified atom stereocenters. The molecule has 0 aliphatic heterocycles. The number of rotatable bonds is 9. The second-order valence-electron chi connectivity index (χ2n) is 10.6. The Balaban J connectivity index is 2.32. The minimum absolute atomic E-state index is 0.0289. The highest BCUT2D eigenvalue weighted by Gasteiger charge is 2.33. The van der Waals surface area contributed by atoms with Crippen molar-refractivity contribution in [2.24, 2.45) is 11.8 Å². The fourth-order valence-electron chi connectivity index (χ4n) is 4.33. The molecule has 2 atom stereocenters. The zero-order valence-electron chi connectivity index (χ0n) is 20.4. The number of hydrogen-bond acceptors (Lipinski definition) is 4. The summed E-state index contributed by atoms with van der Waals surface area (Å²) in [6, 6.07) is 3.22. The highest BCUT2D eigenvalue weighted by atomic mass is 16.4. The topological polar surface area (TPSA) is 113 Å². The van der Waals surface area contributed by atoms with Crippen LogP contribution in [0, 0.1) is 11.8 Å². The standard InChI is InChI=1S/C26H38N2O5/c1-16(2)11-21(15-29)27-24(31)22(17-9-7-6-8-10-17)28-23(30)18-12-19(25(32)33)14-20(13-18)26(3,4)5/h12-17,21-22H,6-11H2,1-5H3,(H,27,31)(H,28,30)(H,32,33)/t21-,22-/m0/s1. The quantitative estimate of drug-likeness (QED) is 0.483. The van der Waals surface area contributed by atoms with Gasteiger partial charge in [-0.25, -0.2) is 4.79 Å². The van der Waals surface area contributed by atoms with Crippen molar-refractivity contribution in [3.05, 3.63) is 34.9 Å². The van der Waals surface area contributed by atoms with E-state index in [1.807, 2.05) is 34.6 Å². The first kappa shape index (κ1) is 26.6. The Kier molecular flexibility index (Phi) is 9.20. The molecule has 2 amide bonds. The predicted molar refractivity (Wildman–Crippen MR) is 127 cm³/mol. The monoisotopic (exact) mass is 458 g/mol. The zero-order chi connectivity index (χ0) is 24.8. The molecule has 1 saturated carbocycles. The summed E-state index contributed by atoms with van der Waals surface area (Å²) in [7, 11) is 0. The second kappa shape index (κ2) is 11.4. The van der Waals surface area contributed by atoms with Crippen LogP contribution in [-0.4, -0.2) is 41.3 Å². The number of amides is 2. The summed E-state index contributed by atoms with van der Waals surface area (Å²) >= 11 is 0. The Labute approximate surface area is 196 Å². The van der Waals surface area contributed by atoms with Gasteiger partial charge >= 0.3 is 5.97 Å². The summed E-state index contributed by atoms with van der Waals surface area (Å²) < 4.78 is 0. The molecular formula is C26H38N2O5. The summed E-state index contributed by atoms with van der Waals surface area (Å²) in [5, 5.41) is 15.2. The van der Waals surface area contributed by atoms with Crippen molar-refractivity contribution in [3.63, 3.8) is 0 Å². The molecule has 182 valence electrons. The summed E-state index contributed by atoms with van der Waals surface area (Å²) in [6.07, 6.45) is 5.96. The third kappa shape index (κ3) is 7.69. The van der Waals surface area contributed by atoms with E-state index in [9.17, 15) is 24.3 Å². The summed E-state index contributed by atoms with van der Waals surface area (Å²) in [5.41, 5.74) is 0.616. The molecule has 1 aliphatic carbocycles. The summed E-state index contributed by atoms with van der Waals surface area (Å²) in [5.74, 6) is -1.75. The third-order valence-corrected chi connectivity index (χ3v) is 6.22. The minimum atomic E-state index is -1.11. The Morgan fingerprint density at radius 1 is 1.03 bits per heavy atom. The van der Waals surface area contributed by atoms with Crippen LogP contribution in [0.5, 0.6) is 0 Å². The maximum atomic E-state index is 13.2. The van der Waals surface area contributed by atoms with Crippen LogP contribution in [0.2, 0.25) is 0 Å². The molecule has 0 radical (unpaired) electrons. The number of benzene rings is 1. The molecule has 0 heterocycles. The van der Waals surface area contributed by atoms with Crippen LogP contribution in [0.15, 0.2) is 18.2 Å². The lowest BCUT2D eigenvalue weighted by Gasteiger charge is -2.31. The van der Waals surface area contributed by atoms with Crippen molar-refractivity contribution in [1.29, 1.82) is 0 Å². The Morgan fingerprint density at radius 3 is 2.15 bits per heavy atom. The zero-order valence-corrected chi connectivity index (χ0v) is 20.4. The van der Waals surface area contributed by atoms with E-state index in [0.29, 0.717) is 6.42 Å². The first-order valence-electron chi connectivity index (χ1n) is 11.9. The van der Waals surface area contributed by atoms with Gasteiger partial charge in [0.2, 0.25) is 5.91 Å². The smallest absolute Gasteiger partial charge is 0.335 e. The lowest BCUT2D eigenvalue weighted by atomic mass is 9.83. The fraction of sp³-hybridized carbons (Fsp3) is 0.615. The van der Waals surface area contributed by atoms with E-state index < -0.39 is 24.0 Å². The van der Waals surface area contributed by atoms with Gasteiger partial charge in [-0.05, 0) is 60.3 Å². The van der Waals surface area contributed by atoms with Crippen LogP contribution in [0.1, 0.15) is 99.4 Å². The van der Waals surface area contributed by atoms with E-state index in [0.717, 1.165) is 44.0 Å². The van der Waals surface area contributed by atoms with Crippen LogP contribution in [0.4, 0.5) is 0 Å². The first-order valence-corrected chi connectivity index (χ1v) is 11.9. The van der Waals surface area contributed by atoms with Gasteiger partial charge in [-0.3, -0.25) is 9.59 Å². The molecule has 33 heavy (non-hydrogen) atoms. The Bertz CT molecular complexity index is 866. The number of hydrogen-bond donors (Lipinski definition) is 3. The summed E-state index contributed by atoms with van der Waals surface area (Å²) in [6.45, 7) is 9.79. The fourth-order valence-corrected chi connectivity index (χ4v) is 4.33. The number of carbonyl (C=O) groups is 4. The SMILES string of the molecule is CC(C)C[C@@H](C=O)NC(=O)[C@@H](NC(=O)c1cc(C(=O)O)cc(C(C)(C)C)c1)C1CCCCC1. The Morgan fingerprint density at radius 2 is 1.64 bits per heavy atom. The van der Waals surface area contributed by atoms with Gasteiger partial charge in [0.05, 0.1) is 11.6 Å². The molecular weight excluding hydrogens is 420 g/mol. The average Bonchev–Trinajstić information content (AvgIpc) is 2.75. The molecule has 7 heteroatoms.